The second kappa shape index (κ2) is 7.51. The van der Waals surface area contributed by atoms with Crippen LogP contribution in [-0.4, -0.2) is 6.04 Å². The molecule has 4 heteroatoms. The van der Waals surface area contributed by atoms with Gasteiger partial charge in [-0.05, 0) is 35.9 Å². The van der Waals surface area contributed by atoms with Crippen LogP contribution in [-0.2, 0) is 6.54 Å². The van der Waals surface area contributed by atoms with Crippen molar-refractivity contribution in [3.8, 4) is 0 Å². The van der Waals surface area contributed by atoms with Crippen molar-refractivity contribution in [2.24, 2.45) is 0 Å². The number of hydrogen-bond acceptors (Lipinski definition) is 2. The van der Waals surface area contributed by atoms with Gasteiger partial charge in [-0.25, -0.2) is 0 Å². The maximum absolute atomic E-state index is 6.24. The van der Waals surface area contributed by atoms with Crippen molar-refractivity contribution in [2.45, 2.75) is 36.2 Å². The highest BCUT2D eigenvalue weighted by Crippen LogP contribution is 2.35. The first-order valence-electron chi connectivity index (χ1n) is 6.50. The van der Waals surface area contributed by atoms with Crippen molar-refractivity contribution in [1.82, 2.24) is 5.32 Å². The van der Waals surface area contributed by atoms with E-state index < -0.39 is 0 Å². The van der Waals surface area contributed by atoms with Gasteiger partial charge in [0.15, 0.2) is 0 Å². The van der Waals surface area contributed by atoms with E-state index in [1.54, 1.807) is 11.8 Å². The molecule has 0 unspecified atom stereocenters. The quantitative estimate of drug-likeness (QED) is 0.719. The SMILES string of the molecule is CC(C)NCc1cc(Br)ccc1Sc1ccccc1Cl. The average Bonchev–Trinajstić information content (AvgIpc) is 2.41. The standard InChI is InChI=1S/C16H17BrClNS/c1-11(2)19-10-12-9-13(17)7-8-15(12)20-16-6-4-3-5-14(16)18/h3-9,11,19H,10H2,1-2H3. The summed E-state index contributed by atoms with van der Waals surface area (Å²) in [6.07, 6.45) is 0. The fraction of sp³-hybridized carbons (Fsp3) is 0.250. The molecule has 0 radical (unpaired) electrons. The molecule has 20 heavy (non-hydrogen) atoms. The van der Waals surface area contributed by atoms with E-state index in [0.29, 0.717) is 6.04 Å². The summed E-state index contributed by atoms with van der Waals surface area (Å²) < 4.78 is 1.10. The second-order valence-electron chi connectivity index (χ2n) is 4.82. The molecule has 0 heterocycles. The Morgan fingerprint density at radius 3 is 2.60 bits per heavy atom. The van der Waals surface area contributed by atoms with Crippen LogP contribution in [0, 0.1) is 0 Å². The minimum Gasteiger partial charge on any atom is -0.310 e. The fourth-order valence-electron chi connectivity index (χ4n) is 1.75. The lowest BCUT2D eigenvalue weighted by molar-refractivity contribution is 0.584. The van der Waals surface area contributed by atoms with Gasteiger partial charge in [0.2, 0.25) is 0 Å². The lowest BCUT2D eigenvalue weighted by atomic mass is 10.2. The Morgan fingerprint density at radius 2 is 1.90 bits per heavy atom. The Morgan fingerprint density at radius 1 is 1.15 bits per heavy atom. The van der Waals surface area contributed by atoms with Gasteiger partial charge >= 0.3 is 0 Å². The molecule has 106 valence electrons. The Hall–Kier alpha value is -0.480. The van der Waals surface area contributed by atoms with Crippen LogP contribution in [0.2, 0.25) is 5.02 Å². The third kappa shape index (κ3) is 4.52. The molecule has 0 bridgehead atoms. The second-order valence-corrected chi connectivity index (χ2v) is 7.23. The zero-order valence-corrected chi connectivity index (χ0v) is 14.6. The molecule has 0 aliphatic rings. The molecule has 0 atom stereocenters. The van der Waals surface area contributed by atoms with Crippen molar-refractivity contribution in [1.29, 1.82) is 0 Å². The Kier molecular flexibility index (Phi) is 5.97. The molecular formula is C16H17BrClNS. The van der Waals surface area contributed by atoms with Gasteiger partial charge in [-0.3, -0.25) is 0 Å². The van der Waals surface area contributed by atoms with Crippen LogP contribution in [0.25, 0.3) is 0 Å². The monoisotopic (exact) mass is 369 g/mol. The van der Waals surface area contributed by atoms with Crippen molar-refractivity contribution in [3.63, 3.8) is 0 Å². The van der Waals surface area contributed by atoms with E-state index in [-0.39, 0.29) is 0 Å². The minimum atomic E-state index is 0.465. The van der Waals surface area contributed by atoms with Crippen molar-refractivity contribution in [2.75, 3.05) is 0 Å². The molecule has 2 aromatic carbocycles. The van der Waals surface area contributed by atoms with E-state index in [1.807, 2.05) is 18.2 Å². The van der Waals surface area contributed by atoms with Crippen LogP contribution < -0.4 is 5.32 Å². The predicted molar refractivity (Wildman–Crippen MR) is 91.7 cm³/mol. The van der Waals surface area contributed by atoms with E-state index in [1.165, 1.54) is 10.5 Å². The summed E-state index contributed by atoms with van der Waals surface area (Å²) in [5.41, 5.74) is 1.28. The minimum absolute atomic E-state index is 0.465. The predicted octanol–water partition coefficient (Wildman–Crippen LogP) is 5.75. The summed E-state index contributed by atoms with van der Waals surface area (Å²) >= 11 is 11.5. The van der Waals surface area contributed by atoms with Gasteiger partial charge in [-0.15, -0.1) is 0 Å². The lowest BCUT2D eigenvalue weighted by Crippen LogP contribution is -2.22. The number of hydrogen-bond donors (Lipinski definition) is 1. The van der Waals surface area contributed by atoms with Crippen LogP contribution >= 0.6 is 39.3 Å². The summed E-state index contributed by atoms with van der Waals surface area (Å²) in [7, 11) is 0. The molecule has 0 spiro atoms. The van der Waals surface area contributed by atoms with E-state index in [2.05, 4.69) is 59.4 Å². The molecule has 2 rings (SSSR count). The van der Waals surface area contributed by atoms with E-state index >= 15 is 0 Å². The van der Waals surface area contributed by atoms with Crippen LogP contribution in [0.15, 0.2) is 56.7 Å². The van der Waals surface area contributed by atoms with Crippen LogP contribution in [0.1, 0.15) is 19.4 Å². The highest BCUT2D eigenvalue weighted by atomic mass is 79.9. The highest BCUT2D eigenvalue weighted by Gasteiger charge is 2.08. The fourth-order valence-corrected chi connectivity index (χ4v) is 3.35. The van der Waals surface area contributed by atoms with Crippen molar-refractivity contribution >= 4 is 39.3 Å². The zero-order valence-electron chi connectivity index (χ0n) is 11.5. The normalized spacial score (nSPS) is 11.1. The molecule has 0 saturated heterocycles. The summed E-state index contributed by atoms with van der Waals surface area (Å²) in [5, 5.41) is 4.26. The Bertz CT molecular complexity index is 586. The summed E-state index contributed by atoms with van der Waals surface area (Å²) in [5.74, 6) is 0. The average molecular weight is 371 g/mol. The molecule has 1 N–H and O–H groups in total. The van der Waals surface area contributed by atoms with E-state index in [4.69, 9.17) is 11.6 Å². The number of nitrogens with one attached hydrogen (secondary N) is 1. The summed E-state index contributed by atoms with van der Waals surface area (Å²) in [4.78, 5) is 2.32. The molecule has 0 aromatic heterocycles. The van der Waals surface area contributed by atoms with Crippen LogP contribution in [0.3, 0.4) is 0 Å². The Labute approximate surface area is 138 Å². The van der Waals surface area contributed by atoms with Crippen molar-refractivity contribution < 1.29 is 0 Å². The van der Waals surface area contributed by atoms with Gasteiger partial charge in [0.05, 0.1) is 5.02 Å². The molecule has 1 nitrogen and oxygen atoms in total. The van der Waals surface area contributed by atoms with Crippen LogP contribution in [0.5, 0.6) is 0 Å². The maximum atomic E-state index is 6.24. The third-order valence-electron chi connectivity index (χ3n) is 2.78. The molecule has 0 fully saturated rings. The molecular weight excluding hydrogens is 354 g/mol. The smallest absolute Gasteiger partial charge is 0.0545 e. The van der Waals surface area contributed by atoms with Gasteiger partial charge < -0.3 is 5.32 Å². The molecule has 0 aliphatic carbocycles. The first-order chi connectivity index (χ1) is 9.56. The molecule has 0 aliphatic heterocycles. The number of rotatable bonds is 5. The molecule has 0 amide bonds. The maximum Gasteiger partial charge on any atom is 0.0545 e. The molecule has 2 aromatic rings. The number of benzene rings is 2. The summed E-state index contributed by atoms with van der Waals surface area (Å²) in [6, 6.07) is 14.8. The Balaban J connectivity index is 2.24. The lowest BCUT2D eigenvalue weighted by Gasteiger charge is -2.13. The number of halogens is 2. The third-order valence-corrected chi connectivity index (χ3v) is 4.91. The van der Waals surface area contributed by atoms with E-state index in [0.717, 1.165) is 20.9 Å². The van der Waals surface area contributed by atoms with Crippen LogP contribution in [0.4, 0.5) is 0 Å². The van der Waals surface area contributed by atoms with E-state index in [9.17, 15) is 0 Å². The largest absolute Gasteiger partial charge is 0.310 e. The first-order valence-corrected chi connectivity index (χ1v) is 8.49. The van der Waals surface area contributed by atoms with Gasteiger partial charge in [-0.2, -0.15) is 0 Å². The first kappa shape index (κ1) is 15.9. The van der Waals surface area contributed by atoms with Gasteiger partial charge in [0, 0.05) is 26.9 Å². The topological polar surface area (TPSA) is 12.0 Å². The highest BCUT2D eigenvalue weighted by molar-refractivity contribution is 9.10. The van der Waals surface area contributed by atoms with Gasteiger partial charge in [-0.1, -0.05) is 65.3 Å². The molecule has 0 saturated carbocycles. The summed E-state index contributed by atoms with van der Waals surface area (Å²) in [6.45, 7) is 5.15. The van der Waals surface area contributed by atoms with Gasteiger partial charge in [0.1, 0.15) is 0 Å². The van der Waals surface area contributed by atoms with Crippen molar-refractivity contribution in [3.05, 3.63) is 57.5 Å². The zero-order chi connectivity index (χ0) is 14.5. The van der Waals surface area contributed by atoms with Gasteiger partial charge in [0.25, 0.3) is 0 Å².